The molecule has 6 nitrogen and oxygen atoms in total. The molecular weight excluding hydrogens is 402 g/mol. The molecule has 2 aliphatic heterocycles. The zero-order chi connectivity index (χ0) is 20.7. The average Bonchev–Trinajstić information content (AvgIpc) is 3.43. The van der Waals surface area contributed by atoms with Crippen molar-refractivity contribution in [1.29, 1.82) is 0 Å². The fourth-order valence-corrected chi connectivity index (χ4v) is 5.96. The molecule has 1 fully saturated rings. The second kappa shape index (κ2) is 7.32. The van der Waals surface area contributed by atoms with E-state index in [-0.39, 0.29) is 18.2 Å². The van der Waals surface area contributed by atoms with Crippen molar-refractivity contribution in [3.05, 3.63) is 83.8 Å². The highest BCUT2D eigenvalue weighted by atomic mass is 32.2. The lowest BCUT2D eigenvalue weighted by Crippen LogP contribution is -2.36. The number of sulfone groups is 1. The maximum atomic E-state index is 13.6. The predicted molar refractivity (Wildman–Crippen MR) is 111 cm³/mol. The van der Waals surface area contributed by atoms with Gasteiger partial charge in [0.05, 0.1) is 17.4 Å². The minimum Gasteiger partial charge on any atom is -0.468 e. The molecule has 1 atom stereocenters. The summed E-state index contributed by atoms with van der Waals surface area (Å²) in [6.07, 6.45) is 1.90. The van der Waals surface area contributed by atoms with Crippen molar-refractivity contribution < 1.29 is 22.4 Å². The summed E-state index contributed by atoms with van der Waals surface area (Å²) < 4.78 is 36.8. The molecule has 1 aromatic heterocycles. The molecule has 0 spiro atoms. The monoisotopic (exact) mass is 423 g/mol. The van der Waals surface area contributed by atoms with Gasteiger partial charge in [-0.2, -0.15) is 0 Å². The lowest BCUT2D eigenvalue weighted by molar-refractivity contribution is -0.130. The molecule has 0 N–H and O–H groups in total. The summed E-state index contributed by atoms with van der Waals surface area (Å²) in [5.41, 5.74) is 1.62. The largest absolute Gasteiger partial charge is 0.468 e. The van der Waals surface area contributed by atoms with Gasteiger partial charge >= 0.3 is 0 Å². The molecule has 0 bridgehead atoms. The topological polar surface area (TPSA) is 76.8 Å². The van der Waals surface area contributed by atoms with Crippen LogP contribution in [0, 0.1) is 0 Å². The molecule has 3 heterocycles. The first-order chi connectivity index (χ1) is 14.5. The van der Waals surface area contributed by atoms with Crippen LogP contribution in [0.5, 0.6) is 11.5 Å². The van der Waals surface area contributed by atoms with Gasteiger partial charge in [-0.15, -0.1) is 0 Å². The second-order valence-electron chi connectivity index (χ2n) is 7.69. The van der Waals surface area contributed by atoms with Crippen LogP contribution < -0.4 is 4.74 Å². The van der Waals surface area contributed by atoms with Gasteiger partial charge in [-0.1, -0.05) is 36.4 Å². The SMILES string of the molecule is O=C(C1c2ccccc2Oc2ccccc21)N1CCC(S(=O)(=O)Cc2ccco2)C1. The van der Waals surface area contributed by atoms with Gasteiger partial charge in [-0.05, 0) is 30.7 Å². The van der Waals surface area contributed by atoms with E-state index in [9.17, 15) is 13.2 Å². The highest BCUT2D eigenvalue weighted by Gasteiger charge is 2.40. The first-order valence-electron chi connectivity index (χ1n) is 9.91. The summed E-state index contributed by atoms with van der Waals surface area (Å²) in [5.74, 6) is 1.01. The number of hydrogen-bond acceptors (Lipinski definition) is 5. The Bertz CT molecular complexity index is 1140. The lowest BCUT2D eigenvalue weighted by atomic mass is 9.87. The zero-order valence-electron chi connectivity index (χ0n) is 16.2. The number of nitrogens with zero attached hydrogens (tertiary/aromatic N) is 1. The highest BCUT2D eigenvalue weighted by Crippen LogP contribution is 2.45. The van der Waals surface area contributed by atoms with E-state index in [4.69, 9.17) is 9.15 Å². The number of hydrogen-bond donors (Lipinski definition) is 0. The van der Waals surface area contributed by atoms with Crippen LogP contribution in [0.25, 0.3) is 0 Å². The standard InChI is InChI=1S/C23H21NO5S/c25-23(24-12-11-17(14-24)30(26,27)15-16-6-5-13-28-16)22-18-7-1-3-9-20(18)29-21-10-4-2-8-19(21)22/h1-10,13,17,22H,11-12,14-15H2. The van der Waals surface area contributed by atoms with Crippen LogP contribution >= 0.6 is 0 Å². The molecule has 2 aliphatic rings. The number of rotatable bonds is 4. The summed E-state index contributed by atoms with van der Waals surface area (Å²) in [6.45, 7) is 0.617. The minimum atomic E-state index is -3.41. The van der Waals surface area contributed by atoms with Gasteiger partial charge in [-0.3, -0.25) is 4.79 Å². The van der Waals surface area contributed by atoms with E-state index in [1.807, 2.05) is 48.5 Å². The number of ether oxygens (including phenoxy) is 1. The van der Waals surface area contributed by atoms with Crippen molar-refractivity contribution in [2.75, 3.05) is 13.1 Å². The number of carbonyl (C=O) groups excluding carboxylic acids is 1. The molecule has 1 saturated heterocycles. The van der Waals surface area contributed by atoms with E-state index >= 15 is 0 Å². The Morgan fingerprint density at radius 1 is 0.967 bits per heavy atom. The summed E-state index contributed by atoms with van der Waals surface area (Å²) >= 11 is 0. The smallest absolute Gasteiger partial charge is 0.234 e. The number of likely N-dealkylation sites (tertiary alicyclic amines) is 1. The van der Waals surface area contributed by atoms with Gasteiger partial charge in [0.1, 0.15) is 23.0 Å². The van der Waals surface area contributed by atoms with Crippen LogP contribution in [0.2, 0.25) is 0 Å². The summed E-state index contributed by atoms with van der Waals surface area (Å²) in [4.78, 5) is 15.2. The Morgan fingerprint density at radius 3 is 2.27 bits per heavy atom. The lowest BCUT2D eigenvalue weighted by Gasteiger charge is -2.30. The molecule has 0 radical (unpaired) electrons. The van der Waals surface area contributed by atoms with Crippen LogP contribution in [-0.2, 0) is 20.4 Å². The summed E-state index contributed by atoms with van der Waals surface area (Å²) in [6, 6.07) is 18.4. The molecule has 0 saturated carbocycles. The van der Waals surface area contributed by atoms with E-state index in [2.05, 4.69) is 0 Å². The number of benzene rings is 2. The van der Waals surface area contributed by atoms with Gasteiger partial charge in [-0.25, -0.2) is 8.42 Å². The number of para-hydroxylation sites is 2. The Labute approximate surface area is 175 Å². The summed E-state index contributed by atoms with van der Waals surface area (Å²) in [5, 5.41) is -0.586. The fourth-order valence-electron chi connectivity index (χ4n) is 4.29. The van der Waals surface area contributed by atoms with Gasteiger partial charge in [0, 0.05) is 24.2 Å². The maximum absolute atomic E-state index is 13.6. The van der Waals surface area contributed by atoms with E-state index < -0.39 is 21.0 Å². The van der Waals surface area contributed by atoms with Crippen LogP contribution in [-0.4, -0.2) is 37.6 Å². The van der Waals surface area contributed by atoms with E-state index in [0.29, 0.717) is 30.2 Å². The fraction of sp³-hybridized carbons (Fsp3) is 0.261. The second-order valence-corrected chi connectivity index (χ2v) is 9.97. The van der Waals surface area contributed by atoms with E-state index in [0.717, 1.165) is 11.1 Å². The van der Waals surface area contributed by atoms with Crippen LogP contribution in [0.4, 0.5) is 0 Å². The number of fused-ring (bicyclic) bond motifs is 2. The Hall–Kier alpha value is -3.06. The third-order valence-electron chi connectivity index (χ3n) is 5.81. The minimum absolute atomic E-state index is 0.0890. The van der Waals surface area contributed by atoms with Gasteiger partial charge in [0.2, 0.25) is 5.91 Å². The average molecular weight is 423 g/mol. The van der Waals surface area contributed by atoms with Gasteiger partial charge in [0.25, 0.3) is 0 Å². The quantitative estimate of drug-likeness (QED) is 0.639. The van der Waals surface area contributed by atoms with Crippen molar-refractivity contribution in [3.63, 3.8) is 0 Å². The molecular formula is C23H21NO5S. The predicted octanol–water partition coefficient (Wildman–Crippen LogP) is 3.73. The number of carbonyl (C=O) groups is 1. The van der Waals surface area contributed by atoms with Crippen molar-refractivity contribution in [3.8, 4) is 11.5 Å². The number of amides is 1. The van der Waals surface area contributed by atoms with Gasteiger partial charge < -0.3 is 14.1 Å². The molecule has 154 valence electrons. The Balaban J connectivity index is 1.41. The molecule has 30 heavy (non-hydrogen) atoms. The molecule has 2 aromatic carbocycles. The van der Waals surface area contributed by atoms with Crippen molar-refractivity contribution in [1.82, 2.24) is 4.90 Å². The Kier molecular flexibility index (Phi) is 4.62. The first kappa shape index (κ1) is 18.9. The van der Waals surface area contributed by atoms with Crippen molar-refractivity contribution in [2.24, 2.45) is 0 Å². The van der Waals surface area contributed by atoms with E-state index in [1.54, 1.807) is 17.0 Å². The van der Waals surface area contributed by atoms with Crippen LogP contribution in [0.15, 0.2) is 71.3 Å². The van der Waals surface area contributed by atoms with Crippen molar-refractivity contribution in [2.45, 2.75) is 23.3 Å². The molecule has 3 aromatic rings. The highest BCUT2D eigenvalue weighted by molar-refractivity contribution is 7.91. The number of furan rings is 1. The third kappa shape index (κ3) is 3.29. The third-order valence-corrected chi connectivity index (χ3v) is 7.90. The zero-order valence-corrected chi connectivity index (χ0v) is 17.0. The Morgan fingerprint density at radius 2 is 1.63 bits per heavy atom. The normalized spacial score (nSPS) is 18.5. The molecule has 1 amide bonds. The van der Waals surface area contributed by atoms with Crippen molar-refractivity contribution >= 4 is 15.7 Å². The maximum Gasteiger partial charge on any atom is 0.234 e. The van der Waals surface area contributed by atoms with Crippen LogP contribution in [0.1, 0.15) is 29.2 Å². The molecule has 1 unspecified atom stereocenters. The first-order valence-corrected chi connectivity index (χ1v) is 11.6. The molecule has 5 rings (SSSR count). The molecule has 0 aliphatic carbocycles. The van der Waals surface area contributed by atoms with Gasteiger partial charge in [0.15, 0.2) is 9.84 Å². The van der Waals surface area contributed by atoms with E-state index in [1.165, 1.54) is 6.26 Å². The molecule has 7 heteroatoms. The summed E-state index contributed by atoms with van der Waals surface area (Å²) in [7, 11) is -3.41. The van der Waals surface area contributed by atoms with Crippen LogP contribution in [0.3, 0.4) is 0 Å².